The minimum absolute atomic E-state index is 0.158. The zero-order chi connectivity index (χ0) is 21.7. The van der Waals surface area contributed by atoms with E-state index in [1.807, 2.05) is 30.3 Å². The van der Waals surface area contributed by atoms with Gasteiger partial charge >= 0.3 is 5.69 Å². The summed E-state index contributed by atoms with van der Waals surface area (Å²) in [7, 11) is 0. The fourth-order valence-electron chi connectivity index (χ4n) is 4.02. The number of pyridine rings is 1. The highest BCUT2D eigenvalue weighted by Crippen LogP contribution is 2.37. The number of benzene rings is 2. The van der Waals surface area contributed by atoms with Crippen molar-refractivity contribution in [3.05, 3.63) is 75.1 Å². The molecule has 2 aliphatic heterocycles. The van der Waals surface area contributed by atoms with Gasteiger partial charge in [0, 0.05) is 6.20 Å². The highest BCUT2D eigenvalue weighted by molar-refractivity contribution is 5.92. The SMILES string of the molecule is O=c1[nH]c(=O)n(Cc2ccc3c(c2)OCCO3)c2nccc(-c3ccc4c(c3)OCO4)c12. The molecule has 2 aromatic heterocycles. The number of fused-ring (bicyclic) bond motifs is 3. The molecule has 0 unspecified atom stereocenters. The normalized spacial score (nSPS) is 14.0. The molecule has 9 nitrogen and oxygen atoms in total. The van der Waals surface area contributed by atoms with Crippen LogP contribution >= 0.6 is 0 Å². The lowest BCUT2D eigenvalue weighted by Gasteiger charge is -2.19. The largest absolute Gasteiger partial charge is 0.486 e. The number of H-pyrrole nitrogens is 1. The molecule has 9 heteroatoms. The van der Waals surface area contributed by atoms with Gasteiger partial charge in [0.15, 0.2) is 23.0 Å². The Hall–Kier alpha value is -4.27. The van der Waals surface area contributed by atoms with Crippen LogP contribution in [0.5, 0.6) is 23.0 Å². The van der Waals surface area contributed by atoms with E-state index < -0.39 is 11.2 Å². The lowest BCUT2D eigenvalue weighted by molar-refractivity contribution is 0.171. The van der Waals surface area contributed by atoms with E-state index in [9.17, 15) is 9.59 Å². The number of nitrogens with zero attached hydrogens (tertiary/aromatic N) is 2. The molecule has 4 heterocycles. The Morgan fingerprint density at radius 1 is 0.875 bits per heavy atom. The van der Waals surface area contributed by atoms with Crippen LogP contribution in [0.15, 0.2) is 58.3 Å². The topological polar surface area (TPSA) is 105 Å². The van der Waals surface area contributed by atoms with Crippen LogP contribution in [0.4, 0.5) is 0 Å². The standard InChI is InChI=1S/C23H17N3O6/c27-22-20-15(14-2-4-17-19(10-14)32-12-31-17)5-6-24-21(20)26(23(28)25-22)11-13-1-3-16-18(9-13)30-8-7-29-16/h1-6,9-10H,7-8,11-12H2,(H,25,27,28). The fourth-order valence-corrected chi connectivity index (χ4v) is 4.02. The Kier molecular flexibility index (Phi) is 4.14. The molecular formula is C23H17N3O6. The second-order valence-corrected chi connectivity index (χ2v) is 7.45. The van der Waals surface area contributed by atoms with E-state index >= 15 is 0 Å². The highest BCUT2D eigenvalue weighted by Gasteiger charge is 2.19. The van der Waals surface area contributed by atoms with Crippen molar-refractivity contribution in [1.82, 2.24) is 14.5 Å². The molecule has 160 valence electrons. The summed E-state index contributed by atoms with van der Waals surface area (Å²) in [6, 6.07) is 12.7. The predicted molar refractivity (Wildman–Crippen MR) is 115 cm³/mol. The molecule has 0 fully saturated rings. The molecule has 2 aliphatic rings. The maximum atomic E-state index is 12.8. The molecule has 0 amide bonds. The van der Waals surface area contributed by atoms with Gasteiger partial charge in [-0.05, 0) is 47.0 Å². The fraction of sp³-hybridized carbons (Fsp3) is 0.174. The number of hydrogen-bond acceptors (Lipinski definition) is 7. The monoisotopic (exact) mass is 431 g/mol. The van der Waals surface area contributed by atoms with Gasteiger partial charge in [0.25, 0.3) is 5.56 Å². The van der Waals surface area contributed by atoms with E-state index in [1.54, 1.807) is 18.3 Å². The van der Waals surface area contributed by atoms with Gasteiger partial charge in [-0.1, -0.05) is 12.1 Å². The molecule has 1 N–H and O–H groups in total. The molecule has 6 rings (SSSR count). The lowest BCUT2D eigenvalue weighted by Crippen LogP contribution is -2.31. The minimum Gasteiger partial charge on any atom is -0.486 e. The van der Waals surface area contributed by atoms with E-state index in [0.29, 0.717) is 52.8 Å². The number of ether oxygens (including phenoxy) is 4. The quantitative estimate of drug-likeness (QED) is 0.531. The van der Waals surface area contributed by atoms with Crippen molar-refractivity contribution in [2.45, 2.75) is 6.54 Å². The summed E-state index contributed by atoms with van der Waals surface area (Å²) >= 11 is 0. The van der Waals surface area contributed by atoms with Crippen LogP contribution in [-0.2, 0) is 6.54 Å². The van der Waals surface area contributed by atoms with E-state index in [0.717, 1.165) is 11.1 Å². The zero-order valence-corrected chi connectivity index (χ0v) is 16.8. The third-order valence-corrected chi connectivity index (χ3v) is 5.51. The summed E-state index contributed by atoms with van der Waals surface area (Å²) in [5, 5.41) is 0.323. The summed E-state index contributed by atoms with van der Waals surface area (Å²) in [5.41, 5.74) is 1.49. The molecule has 0 atom stereocenters. The second-order valence-electron chi connectivity index (χ2n) is 7.45. The van der Waals surface area contributed by atoms with Crippen LogP contribution in [0.25, 0.3) is 22.2 Å². The van der Waals surface area contributed by atoms with Crippen molar-refractivity contribution in [1.29, 1.82) is 0 Å². The Labute approximate surface area is 180 Å². The first-order chi connectivity index (χ1) is 15.7. The first-order valence-electron chi connectivity index (χ1n) is 10.1. The van der Waals surface area contributed by atoms with Gasteiger partial charge in [-0.3, -0.25) is 14.3 Å². The van der Waals surface area contributed by atoms with Crippen molar-refractivity contribution in [3.63, 3.8) is 0 Å². The average molecular weight is 431 g/mol. The van der Waals surface area contributed by atoms with E-state index in [1.165, 1.54) is 4.57 Å². The van der Waals surface area contributed by atoms with Crippen molar-refractivity contribution in [2.24, 2.45) is 0 Å². The Morgan fingerprint density at radius 2 is 1.62 bits per heavy atom. The van der Waals surface area contributed by atoms with Crippen LogP contribution < -0.4 is 30.2 Å². The van der Waals surface area contributed by atoms with Crippen LogP contribution in [-0.4, -0.2) is 34.5 Å². The lowest BCUT2D eigenvalue weighted by atomic mass is 10.0. The maximum Gasteiger partial charge on any atom is 0.330 e. The molecule has 0 spiro atoms. The van der Waals surface area contributed by atoms with Gasteiger partial charge in [-0.25, -0.2) is 9.78 Å². The minimum atomic E-state index is -0.535. The molecular weight excluding hydrogens is 414 g/mol. The Balaban J connectivity index is 1.49. The summed E-state index contributed by atoms with van der Waals surface area (Å²) in [6.07, 6.45) is 1.58. The number of rotatable bonds is 3. The molecule has 32 heavy (non-hydrogen) atoms. The molecule has 4 aromatic rings. The summed E-state index contributed by atoms with van der Waals surface area (Å²) in [5.74, 6) is 2.55. The van der Waals surface area contributed by atoms with E-state index in [-0.39, 0.29) is 13.3 Å². The number of aromatic nitrogens is 3. The van der Waals surface area contributed by atoms with Crippen LogP contribution in [0.1, 0.15) is 5.56 Å². The van der Waals surface area contributed by atoms with Gasteiger partial charge < -0.3 is 18.9 Å². The van der Waals surface area contributed by atoms with Crippen molar-refractivity contribution < 1.29 is 18.9 Å². The van der Waals surface area contributed by atoms with Crippen LogP contribution in [0.3, 0.4) is 0 Å². The van der Waals surface area contributed by atoms with E-state index in [2.05, 4.69) is 9.97 Å². The first-order valence-corrected chi connectivity index (χ1v) is 10.1. The van der Waals surface area contributed by atoms with Gasteiger partial charge in [-0.2, -0.15) is 0 Å². The van der Waals surface area contributed by atoms with Crippen molar-refractivity contribution in [2.75, 3.05) is 20.0 Å². The third kappa shape index (κ3) is 2.97. The van der Waals surface area contributed by atoms with Crippen LogP contribution in [0.2, 0.25) is 0 Å². The smallest absolute Gasteiger partial charge is 0.330 e. The van der Waals surface area contributed by atoms with Gasteiger partial charge in [0.05, 0.1) is 11.9 Å². The second kappa shape index (κ2) is 7.16. The number of hydrogen-bond donors (Lipinski definition) is 1. The molecule has 0 radical (unpaired) electrons. The third-order valence-electron chi connectivity index (χ3n) is 5.51. The maximum absolute atomic E-state index is 12.8. The Morgan fingerprint density at radius 3 is 2.53 bits per heavy atom. The molecule has 0 saturated carbocycles. The first kappa shape index (κ1) is 18.5. The molecule has 0 bridgehead atoms. The highest BCUT2D eigenvalue weighted by atomic mass is 16.7. The average Bonchev–Trinajstić information content (AvgIpc) is 3.29. The van der Waals surface area contributed by atoms with Gasteiger partial charge in [0.2, 0.25) is 6.79 Å². The zero-order valence-electron chi connectivity index (χ0n) is 16.8. The molecule has 0 saturated heterocycles. The summed E-state index contributed by atoms with van der Waals surface area (Å²) in [6.45, 7) is 1.34. The summed E-state index contributed by atoms with van der Waals surface area (Å²) < 4.78 is 23.5. The van der Waals surface area contributed by atoms with Crippen LogP contribution in [0, 0.1) is 0 Å². The molecule has 0 aliphatic carbocycles. The predicted octanol–water partition coefficient (Wildman–Crippen LogP) is 2.30. The molecule has 2 aromatic carbocycles. The van der Waals surface area contributed by atoms with E-state index in [4.69, 9.17) is 18.9 Å². The van der Waals surface area contributed by atoms with Gasteiger partial charge in [0.1, 0.15) is 18.9 Å². The number of aromatic amines is 1. The summed E-state index contributed by atoms with van der Waals surface area (Å²) in [4.78, 5) is 32.3. The van der Waals surface area contributed by atoms with Gasteiger partial charge in [-0.15, -0.1) is 0 Å². The Bertz CT molecular complexity index is 1490. The number of nitrogens with one attached hydrogen (secondary N) is 1. The van der Waals surface area contributed by atoms with Crippen molar-refractivity contribution >= 4 is 11.0 Å². The van der Waals surface area contributed by atoms with Crippen molar-refractivity contribution in [3.8, 4) is 34.1 Å².